The minimum atomic E-state index is 0.263. The fraction of sp³-hybridized carbons (Fsp3) is 0.611. The minimum absolute atomic E-state index is 0.263. The lowest BCUT2D eigenvalue weighted by molar-refractivity contribution is 0.193. The molecule has 1 aliphatic carbocycles. The summed E-state index contributed by atoms with van der Waals surface area (Å²) in [5.74, 6) is 1.47. The van der Waals surface area contributed by atoms with E-state index in [1.54, 1.807) is 0 Å². The number of nitrogens with one attached hydrogen (secondary N) is 1. The van der Waals surface area contributed by atoms with Gasteiger partial charge in [0.25, 0.3) is 0 Å². The molecule has 134 valence electrons. The van der Waals surface area contributed by atoms with Crippen LogP contribution in [0.1, 0.15) is 42.3 Å². The maximum absolute atomic E-state index is 5.91. The molecule has 1 saturated carbocycles. The van der Waals surface area contributed by atoms with Crippen LogP contribution in [0.15, 0.2) is 12.1 Å². The van der Waals surface area contributed by atoms with Crippen LogP contribution in [0.5, 0.6) is 0 Å². The number of nitrogens with zero attached hydrogens (tertiary/aromatic N) is 4. The van der Waals surface area contributed by atoms with Gasteiger partial charge in [-0.1, -0.05) is 0 Å². The molecule has 7 nitrogen and oxygen atoms in total. The van der Waals surface area contributed by atoms with Gasteiger partial charge in [-0.3, -0.25) is 4.68 Å². The van der Waals surface area contributed by atoms with E-state index in [1.807, 2.05) is 13.0 Å². The van der Waals surface area contributed by atoms with Crippen molar-refractivity contribution in [3.05, 3.63) is 29.2 Å². The first kappa shape index (κ1) is 16.3. The number of hydrogen-bond donors (Lipinski definition) is 2. The van der Waals surface area contributed by atoms with Gasteiger partial charge in [-0.2, -0.15) is 10.1 Å². The first-order valence-corrected chi connectivity index (χ1v) is 9.00. The molecule has 1 saturated heterocycles. The van der Waals surface area contributed by atoms with E-state index < -0.39 is 0 Å². The smallest absolute Gasteiger partial charge is 0.222 e. The summed E-state index contributed by atoms with van der Waals surface area (Å²) in [5, 5.41) is 8.09. The lowest BCUT2D eigenvalue weighted by Gasteiger charge is -2.18. The Balaban J connectivity index is 1.43. The third-order valence-electron chi connectivity index (χ3n) is 5.30. The molecule has 0 aromatic carbocycles. The zero-order chi connectivity index (χ0) is 17.4. The van der Waals surface area contributed by atoms with E-state index in [-0.39, 0.29) is 5.41 Å². The number of nitrogen functional groups attached to an aromatic ring is 1. The summed E-state index contributed by atoms with van der Waals surface area (Å²) in [5.41, 5.74) is 9.45. The zero-order valence-electron chi connectivity index (χ0n) is 15.0. The summed E-state index contributed by atoms with van der Waals surface area (Å²) in [6.07, 6.45) is 3.42. The van der Waals surface area contributed by atoms with Crippen molar-refractivity contribution in [2.75, 3.05) is 30.8 Å². The van der Waals surface area contributed by atoms with Crippen LogP contribution in [-0.2, 0) is 11.3 Å². The van der Waals surface area contributed by atoms with Crippen LogP contribution < -0.4 is 11.1 Å². The average Bonchev–Trinajstić information content (AvgIpc) is 2.98. The molecule has 7 heteroatoms. The number of hydrogen-bond acceptors (Lipinski definition) is 6. The molecule has 1 aliphatic heterocycles. The molecule has 3 N–H and O–H groups in total. The second kappa shape index (κ2) is 6.29. The number of nitrogens with two attached hydrogens (primary N) is 1. The quantitative estimate of drug-likeness (QED) is 0.837. The summed E-state index contributed by atoms with van der Waals surface area (Å²) in [4.78, 5) is 8.75. The van der Waals surface area contributed by atoms with Crippen molar-refractivity contribution in [1.29, 1.82) is 0 Å². The van der Waals surface area contributed by atoms with Gasteiger partial charge in [0.2, 0.25) is 5.95 Å². The van der Waals surface area contributed by atoms with Crippen molar-refractivity contribution >= 4 is 11.8 Å². The fourth-order valence-electron chi connectivity index (χ4n) is 3.55. The van der Waals surface area contributed by atoms with E-state index in [0.717, 1.165) is 49.9 Å². The molecule has 2 aromatic heterocycles. The predicted molar refractivity (Wildman–Crippen MR) is 96.5 cm³/mol. The van der Waals surface area contributed by atoms with Crippen molar-refractivity contribution in [2.24, 2.45) is 5.41 Å². The average molecular weight is 342 g/mol. The molecule has 0 spiro atoms. The number of aromatic nitrogens is 4. The van der Waals surface area contributed by atoms with Gasteiger partial charge in [0.15, 0.2) is 0 Å². The normalized spacial score (nSPS) is 21.4. The molecule has 0 radical (unpaired) electrons. The SMILES string of the molecule is Cc1cc(C)n(CC2(CNc3cc([C@@H]4CCOC4)nc(N)n3)CC2)n1. The summed E-state index contributed by atoms with van der Waals surface area (Å²) in [6, 6.07) is 4.15. The van der Waals surface area contributed by atoms with Crippen molar-refractivity contribution in [1.82, 2.24) is 19.7 Å². The van der Waals surface area contributed by atoms with Crippen LogP contribution in [0.25, 0.3) is 0 Å². The summed E-state index contributed by atoms with van der Waals surface area (Å²) < 4.78 is 7.59. The Hall–Kier alpha value is -2.15. The van der Waals surface area contributed by atoms with Gasteiger partial charge in [0.05, 0.1) is 18.0 Å². The monoisotopic (exact) mass is 342 g/mol. The second-order valence-electron chi connectivity index (χ2n) is 7.54. The third-order valence-corrected chi connectivity index (χ3v) is 5.30. The zero-order valence-corrected chi connectivity index (χ0v) is 15.0. The molecule has 0 unspecified atom stereocenters. The largest absolute Gasteiger partial charge is 0.381 e. The van der Waals surface area contributed by atoms with Crippen molar-refractivity contribution in [3.63, 3.8) is 0 Å². The van der Waals surface area contributed by atoms with Crippen LogP contribution in [0.3, 0.4) is 0 Å². The first-order chi connectivity index (χ1) is 12.0. The molecular weight excluding hydrogens is 316 g/mol. The van der Waals surface area contributed by atoms with Crippen LogP contribution in [0, 0.1) is 19.3 Å². The van der Waals surface area contributed by atoms with E-state index in [0.29, 0.717) is 11.9 Å². The summed E-state index contributed by atoms with van der Waals surface area (Å²) in [7, 11) is 0. The Labute approximate surface area is 148 Å². The van der Waals surface area contributed by atoms with E-state index in [9.17, 15) is 0 Å². The maximum Gasteiger partial charge on any atom is 0.222 e. The molecule has 4 rings (SSSR count). The van der Waals surface area contributed by atoms with E-state index in [2.05, 4.69) is 38.1 Å². The molecule has 2 aliphatic rings. The van der Waals surface area contributed by atoms with E-state index in [4.69, 9.17) is 10.5 Å². The number of aryl methyl sites for hydroxylation is 2. The number of ether oxygens (including phenoxy) is 1. The second-order valence-corrected chi connectivity index (χ2v) is 7.54. The van der Waals surface area contributed by atoms with Gasteiger partial charge >= 0.3 is 0 Å². The molecule has 2 aromatic rings. The minimum Gasteiger partial charge on any atom is -0.381 e. The van der Waals surface area contributed by atoms with Crippen LogP contribution in [0.4, 0.5) is 11.8 Å². The van der Waals surface area contributed by atoms with Crippen molar-refractivity contribution in [3.8, 4) is 0 Å². The summed E-state index contributed by atoms with van der Waals surface area (Å²) in [6.45, 7) is 7.50. The van der Waals surface area contributed by atoms with Crippen molar-refractivity contribution < 1.29 is 4.74 Å². The fourth-order valence-corrected chi connectivity index (χ4v) is 3.55. The van der Waals surface area contributed by atoms with E-state index in [1.165, 1.54) is 18.5 Å². The van der Waals surface area contributed by atoms with Gasteiger partial charge < -0.3 is 15.8 Å². The molecular formula is C18H26N6O. The first-order valence-electron chi connectivity index (χ1n) is 9.00. The number of anilines is 2. The standard InChI is InChI=1S/C18H26N6O/c1-12-7-13(2)24(23-12)11-18(4-5-18)10-20-16-8-15(21-17(19)22-16)14-3-6-25-9-14/h7-8,14H,3-6,9-11H2,1-2H3,(H3,19,20,21,22)/t14-/m1/s1. The lowest BCUT2D eigenvalue weighted by atomic mass is 10.0. The molecule has 0 amide bonds. The van der Waals surface area contributed by atoms with E-state index >= 15 is 0 Å². The Morgan fingerprint density at radius 3 is 2.80 bits per heavy atom. The van der Waals surface area contributed by atoms with Gasteiger partial charge in [-0.05, 0) is 39.2 Å². The third kappa shape index (κ3) is 3.61. The Kier molecular flexibility index (Phi) is 4.11. The van der Waals surface area contributed by atoms with Gasteiger partial charge in [-0.25, -0.2) is 4.98 Å². The molecule has 0 bridgehead atoms. The Morgan fingerprint density at radius 2 is 2.16 bits per heavy atom. The highest BCUT2D eigenvalue weighted by molar-refractivity contribution is 5.42. The highest BCUT2D eigenvalue weighted by atomic mass is 16.5. The number of rotatable bonds is 6. The van der Waals surface area contributed by atoms with Crippen molar-refractivity contribution in [2.45, 2.75) is 45.6 Å². The molecule has 1 atom stereocenters. The molecule has 25 heavy (non-hydrogen) atoms. The predicted octanol–water partition coefficient (Wildman–Crippen LogP) is 2.27. The molecule has 3 heterocycles. The molecule has 2 fully saturated rings. The van der Waals surface area contributed by atoms with Gasteiger partial charge in [-0.15, -0.1) is 0 Å². The summed E-state index contributed by atoms with van der Waals surface area (Å²) >= 11 is 0. The van der Waals surface area contributed by atoms with Crippen LogP contribution in [0.2, 0.25) is 0 Å². The maximum atomic E-state index is 5.91. The highest BCUT2D eigenvalue weighted by Crippen LogP contribution is 2.47. The topological polar surface area (TPSA) is 90.9 Å². The van der Waals surface area contributed by atoms with Crippen LogP contribution >= 0.6 is 0 Å². The lowest BCUT2D eigenvalue weighted by Crippen LogP contribution is -2.23. The Bertz CT molecular complexity index is 761. The van der Waals surface area contributed by atoms with Crippen LogP contribution in [-0.4, -0.2) is 39.5 Å². The highest BCUT2D eigenvalue weighted by Gasteiger charge is 2.43. The Morgan fingerprint density at radius 1 is 1.32 bits per heavy atom. The van der Waals surface area contributed by atoms with Gasteiger partial charge in [0, 0.05) is 42.8 Å². The van der Waals surface area contributed by atoms with Gasteiger partial charge in [0.1, 0.15) is 5.82 Å².